The van der Waals surface area contributed by atoms with Gasteiger partial charge in [0, 0.05) is 59.2 Å². The van der Waals surface area contributed by atoms with Crippen LogP contribution < -0.4 is 11.0 Å². The number of amides is 1. The minimum Gasteiger partial charge on any atom is -0.331 e. The highest BCUT2D eigenvalue weighted by Crippen LogP contribution is 2.33. The molecule has 2 aliphatic rings. The molecule has 0 radical (unpaired) electrons. The maximum Gasteiger partial charge on any atom is 0.401 e. The lowest BCUT2D eigenvalue weighted by Crippen LogP contribution is -2.42. The molecule has 1 N–H and O–H groups in total. The molecule has 7 aromatic rings. The third kappa shape index (κ3) is 7.47. The quantitative estimate of drug-likeness (QED) is 0.154. The molecule has 2 aromatic carbocycles. The van der Waals surface area contributed by atoms with Crippen LogP contribution in [-0.4, -0.2) is 81.7 Å². The number of pyridine rings is 2. The van der Waals surface area contributed by atoms with E-state index in [2.05, 4.69) is 20.3 Å². The Kier molecular flexibility index (Phi) is 10.1. The second kappa shape index (κ2) is 15.4. The summed E-state index contributed by atoms with van der Waals surface area (Å²) in [5.41, 5.74) is 4.31. The van der Waals surface area contributed by atoms with Gasteiger partial charge < -0.3 is 14.8 Å². The summed E-state index contributed by atoms with van der Waals surface area (Å²) in [6.07, 6.45) is -0.193. The van der Waals surface area contributed by atoms with Crippen LogP contribution in [0.25, 0.3) is 27.9 Å². The van der Waals surface area contributed by atoms with E-state index in [0.29, 0.717) is 46.8 Å². The van der Waals surface area contributed by atoms with Gasteiger partial charge in [0.1, 0.15) is 28.5 Å². The maximum atomic E-state index is 15.0. The summed E-state index contributed by atoms with van der Waals surface area (Å²) in [7, 11) is 0. The number of carbonyl (C=O) groups excluding carboxylic acids is 1. The number of hydrogen-bond donors (Lipinski definition) is 1. The van der Waals surface area contributed by atoms with Crippen LogP contribution in [0.2, 0.25) is 5.02 Å². The molecular formula is C42H36ClF5N10O2. The topological polar surface area (TPSA) is 119 Å². The van der Waals surface area contributed by atoms with E-state index in [9.17, 15) is 31.5 Å². The van der Waals surface area contributed by atoms with Gasteiger partial charge in [-0.05, 0) is 86.3 Å². The van der Waals surface area contributed by atoms with Crippen molar-refractivity contribution in [2.24, 2.45) is 0 Å². The second-order valence-corrected chi connectivity index (χ2v) is 15.5. The number of aryl methyl sites for hydroxylation is 1. The Morgan fingerprint density at radius 1 is 0.950 bits per heavy atom. The number of nitrogens with one attached hydrogen (secondary N) is 1. The molecule has 0 unspecified atom stereocenters. The van der Waals surface area contributed by atoms with Gasteiger partial charge in [0.15, 0.2) is 5.65 Å². The van der Waals surface area contributed by atoms with E-state index >= 15 is 0 Å². The van der Waals surface area contributed by atoms with Gasteiger partial charge in [0.25, 0.3) is 5.91 Å². The molecule has 1 fully saturated rings. The third-order valence-electron chi connectivity index (χ3n) is 11.2. The third-order valence-corrected chi connectivity index (χ3v) is 11.4. The molecule has 5 aromatic heterocycles. The van der Waals surface area contributed by atoms with E-state index in [1.807, 2.05) is 16.7 Å². The lowest BCUT2D eigenvalue weighted by atomic mass is 10.0. The van der Waals surface area contributed by atoms with Crippen molar-refractivity contribution in [2.75, 3.05) is 31.5 Å². The Balaban J connectivity index is 1.03. The maximum absolute atomic E-state index is 15.0. The number of nitrogens with zero attached hydrogens (tertiary/aromatic N) is 9. The number of anilines is 2. The number of halogens is 6. The first-order chi connectivity index (χ1) is 28.8. The van der Waals surface area contributed by atoms with Crippen LogP contribution in [0.15, 0.2) is 83.9 Å². The Labute approximate surface area is 343 Å². The molecular weight excluding hydrogens is 807 g/mol. The van der Waals surface area contributed by atoms with Gasteiger partial charge in [-0.25, -0.2) is 28.5 Å². The molecule has 0 bridgehead atoms. The van der Waals surface area contributed by atoms with Crippen molar-refractivity contribution in [1.29, 1.82) is 0 Å². The predicted molar refractivity (Wildman–Crippen MR) is 215 cm³/mol. The molecule has 9 rings (SSSR count). The zero-order valence-corrected chi connectivity index (χ0v) is 32.8. The molecule has 60 heavy (non-hydrogen) atoms. The number of alkyl halides is 3. The van der Waals surface area contributed by atoms with Gasteiger partial charge >= 0.3 is 11.9 Å². The summed E-state index contributed by atoms with van der Waals surface area (Å²) in [6, 6.07) is 16.7. The Hall–Kier alpha value is -6.20. The van der Waals surface area contributed by atoms with Crippen molar-refractivity contribution >= 4 is 51.3 Å². The number of hydrogen-bond acceptors (Lipinski definition) is 8. The molecule has 0 spiro atoms. The normalized spacial score (nSPS) is 15.2. The van der Waals surface area contributed by atoms with Crippen LogP contribution in [0, 0.1) is 18.6 Å². The molecule has 7 heterocycles. The van der Waals surface area contributed by atoms with Crippen LogP contribution in [0.3, 0.4) is 0 Å². The van der Waals surface area contributed by atoms with Crippen molar-refractivity contribution in [3.05, 3.63) is 134 Å². The fraction of sp³-hybridized carbons (Fsp3) is 0.286. The zero-order valence-electron chi connectivity index (χ0n) is 32.1. The average molecular weight is 843 g/mol. The molecule has 1 amide bonds. The minimum absolute atomic E-state index is 0.0999. The number of rotatable bonds is 8. The first-order valence-electron chi connectivity index (χ1n) is 19.3. The van der Waals surface area contributed by atoms with Crippen LogP contribution >= 0.6 is 11.6 Å². The molecule has 2 aliphatic heterocycles. The zero-order chi connectivity index (χ0) is 41.9. The minimum atomic E-state index is -4.35. The number of aromatic nitrogens is 7. The summed E-state index contributed by atoms with van der Waals surface area (Å²) < 4.78 is 73.5. The van der Waals surface area contributed by atoms with Gasteiger partial charge in [0.2, 0.25) is 5.95 Å². The number of benzene rings is 2. The Morgan fingerprint density at radius 2 is 1.77 bits per heavy atom. The molecule has 0 atom stereocenters. The number of likely N-dealkylation sites (tertiary alicyclic amines) is 1. The molecule has 1 saturated heterocycles. The summed E-state index contributed by atoms with van der Waals surface area (Å²) in [5, 5.41) is 4.21. The fourth-order valence-corrected chi connectivity index (χ4v) is 8.57. The lowest BCUT2D eigenvalue weighted by Gasteiger charge is -2.32. The number of imidazole rings is 1. The monoisotopic (exact) mass is 842 g/mol. The second-order valence-electron chi connectivity index (χ2n) is 15.1. The van der Waals surface area contributed by atoms with Crippen molar-refractivity contribution < 1.29 is 26.7 Å². The van der Waals surface area contributed by atoms with Crippen LogP contribution in [0.4, 0.5) is 33.6 Å². The largest absolute Gasteiger partial charge is 0.401 e. The van der Waals surface area contributed by atoms with Crippen molar-refractivity contribution in [3.8, 4) is 5.69 Å². The lowest BCUT2D eigenvalue weighted by molar-refractivity contribution is -0.148. The highest BCUT2D eigenvalue weighted by atomic mass is 35.5. The highest BCUT2D eigenvalue weighted by Gasteiger charge is 2.35. The Bertz CT molecular complexity index is 2850. The standard InChI is InChI=1S/C42H36ClF5N10O2/c1-24-36-38(53-40(51-24)52-28-5-2-4-27(44)19-28)58(29-11-15-54(16-12-29)23-42(46,47)48)41(60)57(36)30-9-10-34(50-20-30)39(59)55-17-13-31-32-6-3-14-49-37(32)56(35(31)22-55)21-25-7-8-26(43)18-33(25)45/h2-10,14,18-20,29H,11-13,15-17,21-23H2,1H3,(H,51,52,53). The number of piperidine rings is 1. The Morgan fingerprint density at radius 3 is 2.50 bits per heavy atom. The van der Waals surface area contributed by atoms with Gasteiger partial charge in [0.05, 0.1) is 37.2 Å². The molecule has 0 saturated carbocycles. The predicted octanol–water partition coefficient (Wildman–Crippen LogP) is 7.76. The van der Waals surface area contributed by atoms with E-state index in [4.69, 9.17) is 16.6 Å². The van der Waals surface area contributed by atoms with Gasteiger partial charge in [-0.3, -0.25) is 18.8 Å². The van der Waals surface area contributed by atoms with Crippen molar-refractivity contribution in [1.82, 2.24) is 43.4 Å². The highest BCUT2D eigenvalue weighted by molar-refractivity contribution is 6.30. The van der Waals surface area contributed by atoms with Gasteiger partial charge in [-0.15, -0.1) is 0 Å². The van der Waals surface area contributed by atoms with E-state index in [0.717, 1.165) is 16.6 Å². The van der Waals surface area contributed by atoms with Crippen molar-refractivity contribution in [3.63, 3.8) is 0 Å². The molecule has 12 nitrogen and oxygen atoms in total. The SMILES string of the molecule is Cc1nc(Nc2cccc(F)c2)nc2c1n(-c1ccc(C(=O)N3CCc4c(n(Cc5ccc(Cl)cc5F)c5ncccc45)C3)nc1)c(=O)n2C1CCN(CC(F)(F)F)CC1. The van der Waals surface area contributed by atoms with E-state index in [1.165, 1.54) is 50.6 Å². The summed E-state index contributed by atoms with van der Waals surface area (Å²) in [5.74, 6) is -1.17. The average Bonchev–Trinajstić information content (AvgIpc) is 3.69. The van der Waals surface area contributed by atoms with E-state index < -0.39 is 36.1 Å². The molecule has 0 aliphatic carbocycles. The number of carbonyl (C=O) groups is 1. The van der Waals surface area contributed by atoms with Crippen LogP contribution in [-0.2, 0) is 19.5 Å². The summed E-state index contributed by atoms with van der Waals surface area (Å²) in [4.78, 5) is 49.9. The fourth-order valence-electron chi connectivity index (χ4n) is 8.42. The van der Waals surface area contributed by atoms with Crippen LogP contribution in [0.1, 0.15) is 51.9 Å². The van der Waals surface area contributed by atoms with Crippen molar-refractivity contribution in [2.45, 2.75) is 51.5 Å². The smallest absolute Gasteiger partial charge is 0.331 e. The van der Waals surface area contributed by atoms with Gasteiger partial charge in [-0.2, -0.15) is 18.2 Å². The first-order valence-corrected chi connectivity index (χ1v) is 19.7. The molecule has 18 heteroatoms. The van der Waals surface area contributed by atoms with E-state index in [1.54, 1.807) is 42.3 Å². The van der Waals surface area contributed by atoms with E-state index in [-0.39, 0.29) is 67.2 Å². The molecule has 308 valence electrons. The van der Waals surface area contributed by atoms with Crippen LogP contribution in [0.5, 0.6) is 0 Å². The summed E-state index contributed by atoms with van der Waals surface area (Å²) in [6.45, 7) is 1.69. The number of fused-ring (bicyclic) bond motifs is 4. The van der Waals surface area contributed by atoms with Gasteiger partial charge in [-0.1, -0.05) is 23.7 Å². The summed E-state index contributed by atoms with van der Waals surface area (Å²) >= 11 is 6.02. The first kappa shape index (κ1) is 39.3.